The number of ether oxygens (including phenoxy) is 2. The van der Waals surface area contributed by atoms with E-state index in [2.05, 4.69) is 10.3 Å². The summed E-state index contributed by atoms with van der Waals surface area (Å²) in [7, 11) is 0. The van der Waals surface area contributed by atoms with Crippen molar-refractivity contribution in [2.24, 2.45) is 0 Å². The average molecular weight is 637 g/mol. The van der Waals surface area contributed by atoms with Crippen molar-refractivity contribution in [3.8, 4) is 11.5 Å². The van der Waals surface area contributed by atoms with Crippen molar-refractivity contribution in [1.82, 2.24) is 14.1 Å². The van der Waals surface area contributed by atoms with Crippen LogP contribution >= 0.6 is 0 Å². The summed E-state index contributed by atoms with van der Waals surface area (Å²) in [5, 5.41) is 13.2. The molecule has 3 N–H and O–H groups in total. The van der Waals surface area contributed by atoms with E-state index >= 15 is 0 Å². The van der Waals surface area contributed by atoms with Gasteiger partial charge in [0.05, 0.1) is 35.0 Å². The lowest BCUT2D eigenvalue weighted by Crippen LogP contribution is -2.34. The van der Waals surface area contributed by atoms with E-state index in [1.165, 1.54) is 22.9 Å². The molecule has 0 bridgehead atoms. The Hall–Kier alpha value is -5.66. The molecule has 0 radical (unpaired) electrons. The highest BCUT2D eigenvalue weighted by Gasteiger charge is 2.31. The summed E-state index contributed by atoms with van der Waals surface area (Å²) in [6.07, 6.45) is -4.11. The van der Waals surface area contributed by atoms with Crippen molar-refractivity contribution in [1.29, 1.82) is 5.41 Å². The third-order valence-corrected chi connectivity index (χ3v) is 6.46. The van der Waals surface area contributed by atoms with Crippen molar-refractivity contribution in [3.63, 3.8) is 0 Å². The predicted molar refractivity (Wildman–Crippen MR) is 161 cm³/mol. The topological polar surface area (TPSA) is 123 Å². The number of urea groups is 1. The van der Waals surface area contributed by atoms with Gasteiger partial charge >= 0.3 is 18.3 Å². The standard InChI is InChI=1S/C32H28F4N6O4/c1-31(2,3)46-30(44)42-25-13-10-21(16-26(25)41(28(42)37)18-19-7-5-4-6-8-19)45-22-11-14-27(38-17-22)40-29(43)39-24-15-20(32(34,35)36)9-12-23(24)33/h4-17,37H,18H2,1-3H3,(H2,38,39,40,43). The van der Waals surface area contributed by atoms with E-state index in [-0.39, 0.29) is 17.2 Å². The molecule has 0 aliphatic rings. The number of anilines is 2. The summed E-state index contributed by atoms with van der Waals surface area (Å²) in [6.45, 7) is 5.51. The third kappa shape index (κ3) is 7.34. The van der Waals surface area contributed by atoms with Crippen LogP contribution in [0.3, 0.4) is 0 Å². The molecule has 0 atom stereocenters. The number of rotatable bonds is 6. The zero-order chi connectivity index (χ0) is 33.2. The number of benzene rings is 3. The minimum absolute atomic E-state index is 0.0154. The molecular weight excluding hydrogens is 608 g/mol. The minimum Gasteiger partial charge on any atom is -0.456 e. The van der Waals surface area contributed by atoms with Gasteiger partial charge in [-0.2, -0.15) is 13.2 Å². The Morgan fingerprint density at radius 2 is 1.61 bits per heavy atom. The first kappa shape index (κ1) is 31.8. The number of amides is 2. The zero-order valence-electron chi connectivity index (χ0n) is 24.8. The van der Waals surface area contributed by atoms with E-state index in [0.29, 0.717) is 41.5 Å². The van der Waals surface area contributed by atoms with Crippen LogP contribution in [0.2, 0.25) is 0 Å². The number of pyridine rings is 1. The van der Waals surface area contributed by atoms with Gasteiger partial charge in [0.1, 0.15) is 28.7 Å². The second kappa shape index (κ2) is 12.4. The Kier molecular flexibility index (Phi) is 8.55. The fraction of sp³-hybridized carbons (Fsp3) is 0.188. The molecule has 0 unspecified atom stereocenters. The van der Waals surface area contributed by atoms with Gasteiger partial charge in [0.2, 0.25) is 5.62 Å². The predicted octanol–water partition coefficient (Wildman–Crippen LogP) is 7.74. The number of carbonyl (C=O) groups is 2. The summed E-state index contributed by atoms with van der Waals surface area (Å²) in [5.41, 5.74) is -0.772. The van der Waals surface area contributed by atoms with Crippen LogP contribution in [-0.2, 0) is 17.5 Å². The smallest absolute Gasteiger partial charge is 0.421 e. The van der Waals surface area contributed by atoms with Crippen LogP contribution in [0.25, 0.3) is 11.0 Å². The van der Waals surface area contributed by atoms with E-state index in [1.807, 2.05) is 35.6 Å². The van der Waals surface area contributed by atoms with Gasteiger partial charge < -0.3 is 19.4 Å². The van der Waals surface area contributed by atoms with Gasteiger partial charge in [-0.15, -0.1) is 0 Å². The maximum atomic E-state index is 14.0. The molecule has 0 spiro atoms. The second-order valence-corrected chi connectivity index (χ2v) is 11.1. The van der Waals surface area contributed by atoms with E-state index in [4.69, 9.17) is 14.9 Å². The molecule has 2 amide bonds. The number of carbonyl (C=O) groups excluding carboxylic acids is 2. The monoisotopic (exact) mass is 636 g/mol. The van der Waals surface area contributed by atoms with E-state index < -0.39 is 41.0 Å². The molecule has 5 aromatic rings. The molecule has 5 rings (SSSR count). The lowest BCUT2D eigenvalue weighted by molar-refractivity contribution is -0.137. The maximum Gasteiger partial charge on any atom is 0.421 e. The van der Waals surface area contributed by atoms with Crippen LogP contribution in [0.4, 0.5) is 38.7 Å². The van der Waals surface area contributed by atoms with Crippen molar-refractivity contribution < 1.29 is 36.6 Å². The third-order valence-electron chi connectivity index (χ3n) is 6.46. The van der Waals surface area contributed by atoms with E-state index in [9.17, 15) is 27.2 Å². The Bertz CT molecular complexity index is 1960. The van der Waals surface area contributed by atoms with Crippen molar-refractivity contribution in [2.75, 3.05) is 10.6 Å². The van der Waals surface area contributed by atoms with Crippen molar-refractivity contribution >= 4 is 34.7 Å². The van der Waals surface area contributed by atoms with Crippen LogP contribution in [0.1, 0.15) is 31.9 Å². The summed E-state index contributed by atoms with van der Waals surface area (Å²) in [5.74, 6) is -0.403. The lowest BCUT2D eigenvalue weighted by Gasteiger charge is -2.19. The molecule has 2 aromatic heterocycles. The van der Waals surface area contributed by atoms with Crippen LogP contribution in [0.15, 0.2) is 85.1 Å². The zero-order valence-corrected chi connectivity index (χ0v) is 24.8. The molecule has 0 aliphatic carbocycles. The van der Waals surface area contributed by atoms with Crippen molar-refractivity contribution in [3.05, 3.63) is 108 Å². The van der Waals surface area contributed by atoms with Crippen LogP contribution in [0.5, 0.6) is 11.5 Å². The lowest BCUT2D eigenvalue weighted by atomic mass is 10.2. The first-order valence-electron chi connectivity index (χ1n) is 13.8. The molecular formula is C32H28F4N6O4. The fourth-order valence-corrected chi connectivity index (χ4v) is 4.46. The SMILES string of the molecule is CC(C)(C)OC(=O)n1c(=N)n(Cc2ccccc2)c2cc(Oc3ccc(NC(=O)Nc4cc(C(F)(F)F)ccc4F)nc3)ccc21. The number of nitrogens with zero attached hydrogens (tertiary/aromatic N) is 3. The normalized spacial score (nSPS) is 11.7. The van der Waals surface area contributed by atoms with Crippen LogP contribution < -0.4 is 21.0 Å². The Balaban J connectivity index is 1.35. The number of alkyl halides is 3. The molecule has 10 nitrogen and oxygen atoms in total. The number of halogens is 4. The minimum atomic E-state index is -4.71. The van der Waals surface area contributed by atoms with Gasteiger partial charge in [-0.3, -0.25) is 10.7 Å². The average Bonchev–Trinajstić information content (AvgIpc) is 3.24. The maximum absolute atomic E-state index is 14.0. The molecule has 0 saturated heterocycles. The van der Waals surface area contributed by atoms with Gasteiger partial charge in [0, 0.05) is 6.07 Å². The molecule has 46 heavy (non-hydrogen) atoms. The molecule has 3 aromatic carbocycles. The largest absolute Gasteiger partial charge is 0.456 e. The fourth-order valence-electron chi connectivity index (χ4n) is 4.46. The van der Waals surface area contributed by atoms with Crippen LogP contribution in [0, 0.1) is 11.2 Å². The Labute approximate surface area is 259 Å². The summed E-state index contributed by atoms with van der Waals surface area (Å²) >= 11 is 0. The number of hydrogen-bond donors (Lipinski definition) is 3. The number of nitrogens with one attached hydrogen (secondary N) is 3. The van der Waals surface area contributed by atoms with E-state index in [0.717, 1.165) is 5.56 Å². The van der Waals surface area contributed by atoms with Gasteiger partial charge in [0.15, 0.2) is 0 Å². The number of imidazole rings is 1. The van der Waals surface area contributed by atoms with Gasteiger partial charge in [-0.1, -0.05) is 30.3 Å². The number of aromatic nitrogens is 3. The molecule has 0 aliphatic heterocycles. The number of hydrogen-bond acceptors (Lipinski definition) is 6. The quantitative estimate of drug-likeness (QED) is 0.165. The Morgan fingerprint density at radius 1 is 0.891 bits per heavy atom. The van der Waals surface area contributed by atoms with Gasteiger partial charge in [0.25, 0.3) is 0 Å². The van der Waals surface area contributed by atoms with E-state index in [1.54, 1.807) is 43.5 Å². The molecule has 2 heterocycles. The number of fused-ring (bicyclic) bond motifs is 1. The first-order valence-corrected chi connectivity index (χ1v) is 13.8. The highest BCUT2D eigenvalue weighted by atomic mass is 19.4. The van der Waals surface area contributed by atoms with Crippen LogP contribution in [-0.4, -0.2) is 31.8 Å². The van der Waals surface area contributed by atoms with Gasteiger partial charge in [-0.25, -0.2) is 23.5 Å². The highest BCUT2D eigenvalue weighted by molar-refractivity contribution is 5.99. The molecule has 238 valence electrons. The molecule has 14 heteroatoms. The summed E-state index contributed by atoms with van der Waals surface area (Å²) < 4.78 is 67.2. The molecule has 0 saturated carbocycles. The molecule has 0 fully saturated rings. The summed E-state index contributed by atoms with van der Waals surface area (Å²) in [6, 6.07) is 17.9. The summed E-state index contributed by atoms with van der Waals surface area (Å²) in [4.78, 5) is 29.5. The highest BCUT2D eigenvalue weighted by Crippen LogP contribution is 2.32. The van der Waals surface area contributed by atoms with Gasteiger partial charge in [-0.05, 0) is 68.8 Å². The Morgan fingerprint density at radius 3 is 2.26 bits per heavy atom. The van der Waals surface area contributed by atoms with Crippen molar-refractivity contribution in [2.45, 2.75) is 39.1 Å². The first-order chi connectivity index (χ1) is 21.7. The second-order valence-electron chi connectivity index (χ2n) is 11.1.